The van der Waals surface area contributed by atoms with E-state index in [0.29, 0.717) is 5.54 Å². The van der Waals surface area contributed by atoms with Gasteiger partial charge in [0, 0.05) is 12.6 Å². The molecule has 0 aliphatic carbocycles. The lowest BCUT2D eigenvalue weighted by molar-refractivity contribution is 0.366. The Balaban J connectivity index is 0.000000791. The number of hydrogen-bond acceptors (Lipinski definition) is 2. The van der Waals surface area contributed by atoms with E-state index >= 15 is 0 Å². The molecule has 0 aromatic rings. The highest BCUT2D eigenvalue weighted by Gasteiger charge is 2.26. The molecule has 0 amide bonds. The van der Waals surface area contributed by atoms with Gasteiger partial charge in [0.2, 0.25) is 0 Å². The van der Waals surface area contributed by atoms with E-state index in [1.165, 1.54) is 51.5 Å². The molecule has 1 aliphatic heterocycles. The zero-order valence-electron chi connectivity index (χ0n) is 10.1. The van der Waals surface area contributed by atoms with Crippen LogP contribution < -0.4 is 5.32 Å². The summed E-state index contributed by atoms with van der Waals surface area (Å²) in [5.74, 6) is 0. The van der Waals surface area contributed by atoms with Crippen molar-refractivity contribution in [2.45, 2.75) is 64.3 Å². The second-order valence-electron chi connectivity index (χ2n) is 4.40. The highest BCUT2D eigenvalue weighted by Crippen LogP contribution is 2.24. The van der Waals surface area contributed by atoms with Crippen LogP contribution in [0.1, 0.15) is 58.8 Å². The Morgan fingerprint density at radius 2 is 1.93 bits per heavy atom. The standard InChI is InChI=1S/C11H23N.CH4O/c1-3-4-5-6-8-11(2)9-7-10-12-11;1-2/h12H,3-10H2,1-2H3;2H,1H3. The SMILES string of the molecule is CCCCCCC1(C)CCCN1.CO. The second-order valence-corrected chi connectivity index (χ2v) is 4.40. The highest BCUT2D eigenvalue weighted by molar-refractivity contribution is 4.87. The molecule has 86 valence electrons. The van der Waals surface area contributed by atoms with E-state index in [-0.39, 0.29) is 0 Å². The fourth-order valence-electron chi connectivity index (χ4n) is 2.11. The van der Waals surface area contributed by atoms with Gasteiger partial charge in [0.05, 0.1) is 0 Å². The topological polar surface area (TPSA) is 32.3 Å². The molecular weight excluding hydrogens is 174 g/mol. The van der Waals surface area contributed by atoms with Crippen molar-refractivity contribution < 1.29 is 5.11 Å². The molecule has 1 heterocycles. The third kappa shape index (κ3) is 5.61. The third-order valence-electron chi connectivity index (χ3n) is 3.04. The van der Waals surface area contributed by atoms with Crippen LogP contribution in [0.4, 0.5) is 0 Å². The van der Waals surface area contributed by atoms with E-state index in [2.05, 4.69) is 19.2 Å². The van der Waals surface area contributed by atoms with Gasteiger partial charge in [-0.2, -0.15) is 0 Å². The first-order valence-corrected chi connectivity index (χ1v) is 5.96. The maximum atomic E-state index is 7.00. The van der Waals surface area contributed by atoms with Crippen LogP contribution in [-0.2, 0) is 0 Å². The van der Waals surface area contributed by atoms with Gasteiger partial charge in [0.25, 0.3) is 0 Å². The van der Waals surface area contributed by atoms with Gasteiger partial charge in [-0.15, -0.1) is 0 Å². The summed E-state index contributed by atoms with van der Waals surface area (Å²) >= 11 is 0. The molecule has 1 unspecified atom stereocenters. The molecular formula is C12H27NO. The Morgan fingerprint density at radius 1 is 1.21 bits per heavy atom. The van der Waals surface area contributed by atoms with Crippen molar-refractivity contribution in [2.24, 2.45) is 0 Å². The summed E-state index contributed by atoms with van der Waals surface area (Å²) in [6.45, 7) is 5.89. The molecule has 2 heteroatoms. The minimum absolute atomic E-state index is 0.494. The monoisotopic (exact) mass is 201 g/mol. The first-order chi connectivity index (χ1) is 6.77. The first-order valence-electron chi connectivity index (χ1n) is 5.96. The molecule has 0 radical (unpaired) electrons. The Morgan fingerprint density at radius 3 is 2.43 bits per heavy atom. The lowest BCUT2D eigenvalue weighted by atomic mass is 9.93. The van der Waals surface area contributed by atoms with Crippen LogP contribution in [0.15, 0.2) is 0 Å². The number of nitrogens with one attached hydrogen (secondary N) is 1. The molecule has 1 aliphatic rings. The van der Waals surface area contributed by atoms with Gasteiger partial charge in [-0.3, -0.25) is 0 Å². The summed E-state index contributed by atoms with van der Waals surface area (Å²) in [6, 6.07) is 0. The van der Waals surface area contributed by atoms with Crippen LogP contribution in [0, 0.1) is 0 Å². The third-order valence-corrected chi connectivity index (χ3v) is 3.04. The van der Waals surface area contributed by atoms with Crippen molar-refractivity contribution in [1.82, 2.24) is 5.32 Å². The van der Waals surface area contributed by atoms with Crippen molar-refractivity contribution >= 4 is 0 Å². The predicted octanol–water partition coefficient (Wildman–Crippen LogP) is 2.71. The van der Waals surface area contributed by atoms with Gasteiger partial charge in [0.15, 0.2) is 0 Å². The Kier molecular flexibility index (Phi) is 8.20. The van der Waals surface area contributed by atoms with Gasteiger partial charge in [-0.25, -0.2) is 0 Å². The maximum Gasteiger partial charge on any atom is 0.0319 e. The molecule has 0 bridgehead atoms. The van der Waals surface area contributed by atoms with E-state index in [0.717, 1.165) is 7.11 Å². The number of aliphatic hydroxyl groups excluding tert-OH is 1. The van der Waals surface area contributed by atoms with Crippen LogP contribution >= 0.6 is 0 Å². The largest absolute Gasteiger partial charge is 0.400 e. The molecule has 1 saturated heterocycles. The van der Waals surface area contributed by atoms with E-state index in [1.54, 1.807) is 0 Å². The normalized spacial score (nSPS) is 25.7. The molecule has 0 spiro atoms. The van der Waals surface area contributed by atoms with Gasteiger partial charge in [0.1, 0.15) is 0 Å². The van der Waals surface area contributed by atoms with Crippen molar-refractivity contribution in [3.05, 3.63) is 0 Å². The zero-order chi connectivity index (χ0) is 10.9. The molecule has 1 fully saturated rings. The van der Waals surface area contributed by atoms with Crippen molar-refractivity contribution in [2.75, 3.05) is 13.7 Å². The van der Waals surface area contributed by atoms with E-state index in [1.807, 2.05) is 0 Å². The Labute approximate surface area is 89.1 Å². The van der Waals surface area contributed by atoms with Gasteiger partial charge in [-0.1, -0.05) is 32.6 Å². The fourth-order valence-corrected chi connectivity index (χ4v) is 2.11. The Bertz CT molecular complexity index is 119. The molecule has 2 N–H and O–H groups in total. The summed E-state index contributed by atoms with van der Waals surface area (Å²) in [5, 5.41) is 10.6. The molecule has 14 heavy (non-hydrogen) atoms. The quantitative estimate of drug-likeness (QED) is 0.670. The first kappa shape index (κ1) is 13.9. The summed E-state index contributed by atoms with van der Waals surface area (Å²) < 4.78 is 0. The highest BCUT2D eigenvalue weighted by atomic mass is 16.2. The summed E-state index contributed by atoms with van der Waals surface area (Å²) in [5.41, 5.74) is 0.494. The predicted molar refractivity (Wildman–Crippen MR) is 62.5 cm³/mol. The van der Waals surface area contributed by atoms with Crippen molar-refractivity contribution in [3.63, 3.8) is 0 Å². The van der Waals surface area contributed by atoms with Crippen molar-refractivity contribution in [3.8, 4) is 0 Å². The average Bonchev–Trinajstić information content (AvgIpc) is 2.64. The number of unbranched alkanes of at least 4 members (excludes halogenated alkanes) is 3. The smallest absolute Gasteiger partial charge is 0.0319 e. The van der Waals surface area contributed by atoms with Crippen LogP contribution in [0.2, 0.25) is 0 Å². The van der Waals surface area contributed by atoms with Gasteiger partial charge >= 0.3 is 0 Å². The second kappa shape index (κ2) is 8.25. The molecule has 0 aromatic carbocycles. The van der Waals surface area contributed by atoms with E-state index in [9.17, 15) is 0 Å². The fraction of sp³-hybridized carbons (Fsp3) is 1.00. The molecule has 0 saturated carbocycles. The summed E-state index contributed by atoms with van der Waals surface area (Å²) in [4.78, 5) is 0. The lowest BCUT2D eigenvalue weighted by Gasteiger charge is -2.23. The van der Waals surface area contributed by atoms with Crippen LogP contribution in [0.3, 0.4) is 0 Å². The number of aliphatic hydroxyl groups is 1. The van der Waals surface area contributed by atoms with Crippen LogP contribution in [0.5, 0.6) is 0 Å². The molecule has 1 atom stereocenters. The van der Waals surface area contributed by atoms with Crippen molar-refractivity contribution in [1.29, 1.82) is 0 Å². The summed E-state index contributed by atoms with van der Waals surface area (Å²) in [7, 11) is 1.00. The average molecular weight is 201 g/mol. The van der Waals surface area contributed by atoms with E-state index in [4.69, 9.17) is 5.11 Å². The van der Waals surface area contributed by atoms with E-state index < -0.39 is 0 Å². The minimum Gasteiger partial charge on any atom is -0.400 e. The zero-order valence-corrected chi connectivity index (χ0v) is 10.1. The molecule has 2 nitrogen and oxygen atoms in total. The number of hydrogen-bond donors (Lipinski definition) is 2. The Hall–Kier alpha value is -0.0800. The summed E-state index contributed by atoms with van der Waals surface area (Å²) in [6.07, 6.45) is 9.75. The molecule has 0 aromatic heterocycles. The lowest BCUT2D eigenvalue weighted by Crippen LogP contribution is -2.35. The number of rotatable bonds is 5. The molecule has 1 rings (SSSR count). The van der Waals surface area contributed by atoms with Gasteiger partial charge < -0.3 is 10.4 Å². The van der Waals surface area contributed by atoms with Crippen LogP contribution in [0.25, 0.3) is 0 Å². The van der Waals surface area contributed by atoms with Gasteiger partial charge in [-0.05, 0) is 32.7 Å². The van der Waals surface area contributed by atoms with Crippen LogP contribution in [-0.4, -0.2) is 24.3 Å². The minimum atomic E-state index is 0.494. The maximum absolute atomic E-state index is 7.00.